The molecule has 0 radical (unpaired) electrons. The van der Waals surface area contributed by atoms with E-state index >= 15 is 0 Å². The molecular weight excluding hydrogens is 275 g/mol. The fourth-order valence-electron chi connectivity index (χ4n) is 3.09. The molecule has 0 N–H and O–H groups in total. The summed E-state index contributed by atoms with van der Waals surface area (Å²) < 4.78 is 18.4. The maximum absolute atomic E-state index is 6.15. The summed E-state index contributed by atoms with van der Waals surface area (Å²) in [7, 11) is -0.320. The second-order valence-corrected chi connectivity index (χ2v) is 7.54. The van der Waals surface area contributed by atoms with Crippen molar-refractivity contribution in [3.63, 3.8) is 0 Å². The van der Waals surface area contributed by atoms with Crippen LogP contribution in [-0.2, 0) is 9.31 Å². The van der Waals surface area contributed by atoms with Gasteiger partial charge in [-0.25, -0.2) is 0 Å². The van der Waals surface area contributed by atoms with E-state index in [-0.39, 0.29) is 18.3 Å². The topological polar surface area (TPSA) is 27.7 Å². The van der Waals surface area contributed by atoms with Crippen LogP contribution in [0, 0.1) is 0 Å². The average Bonchev–Trinajstić information content (AvgIpc) is 2.69. The van der Waals surface area contributed by atoms with Crippen LogP contribution in [0.15, 0.2) is 24.3 Å². The molecule has 1 saturated carbocycles. The third kappa shape index (κ3) is 3.18. The Morgan fingerprint density at radius 2 is 1.64 bits per heavy atom. The van der Waals surface area contributed by atoms with Crippen molar-refractivity contribution in [1.82, 2.24) is 0 Å². The number of hydrogen-bond donors (Lipinski definition) is 0. The highest BCUT2D eigenvalue weighted by molar-refractivity contribution is 6.62. The minimum Gasteiger partial charge on any atom is -0.490 e. The summed E-state index contributed by atoms with van der Waals surface area (Å²) >= 11 is 0. The molecule has 4 heteroatoms. The van der Waals surface area contributed by atoms with E-state index in [2.05, 4.69) is 39.8 Å². The quantitative estimate of drug-likeness (QED) is 0.797. The molecule has 0 bridgehead atoms. The van der Waals surface area contributed by atoms with E-state index < -0.39 is 0 Å². The van der Waals surface area contributed by atoms with Gasteiger partial charge in [0, 0.05) is 0 Å². The minimum atomic E-state index is -0.320. The van der Waals surface area contributed by atoms with Crippen molar-refractivity contribution in [3.05, 3.63) is 24.3 Å². The van der Waals surface area contributed by atoms with E-state index in [9.17, 15) is 0 Å². The molecule has 0 spiro atoms. The van der Waals surface area contributed by atoms with E-state index in [1.807, 2.05) is 12.1 Å². The lowest BCUT2D eigenvalue weighted by atomic mass is 9.79. The Morgan fingerprint density at radius 1 is 1.00 bits per heavy atom. The first-order chi connectivity index (χ1) is 10.4. The van der Waals surface area contributed by atoms with Crippen molar-refractivity contribution < 1.29 is 14.0 Å². The number of benzene rings is 1. The lowest BCUT2D eigenvalue weighted by Gasteiger charge is -2.32. The van der Waals surface area contributed by atoms with Gasteiger partial charge in [0.25, 0.3) is 0 Å². The molecule has 1 aliphatic heterocycles. The highest BCUT2D eigenvalue weighted by atomic mass is 16.7. The predicted octanol–water partition coefficient (Wildman–Crippen LogP) is 3.70. The van der Waals surface area contributed by atoms with Crippen LogP contribution in [0.5, 0.6) is 5.75 Å². The maximum atomic E-state index is 6.15. The largest absolute Gasteiger partial charge is 0.494 e. The molecule has 1 aromatic carbocycles. The highest BCUT2D eigenvalue weighted by Gasteiger charge is 2.51. The Kier molecular flexibility index (Phi) is 4.26. The summed E-state index contributed by atoms with van der Waals surface area (Å²) in [5.74, 6) is 0.930. The molecule has 2 aliphatic rings. The van der Waals surface area contributed by atoms with Crippen LogP contribution in [0.2, 0.25) is 0 Å². The fraction of sp³-hybridized carbons (Fsp3) is 0.667. The zero-order valence-corrected chi connectivity index (χ0v) is 14.2. The first-order valence-corrected chi connectivity index (χ1v) is 8.50. The third-order valence-corrected chi connectivity index (χ3v) is 5.24. The normalized spacial score (nSPS) is 24.5. The summed E-state index contributed by atoms with van der Waals surface area (Å²) in [6.45, 7) is 8.31. The Labute approximate surface area is 134 Å². The van der Waals surface area contributed by atoms with Gasteiger partial charge in [0.05, 0.1) is 17.3 Å². The Bertz CT molecular complexity index is 505. The van der Waals surface area contributed by atoms with Gasteiger partial charge in [0.1, 0.15) is 5.75 Å². The van der Waals surface area contributed by atoms with Gasteiger partial charge in [-0.05, 0) is 71.0 Å². The van der Waals surface area contributed by atoms with Crippen LogP contribution >= 0.6 is 0 Å². The molecular formula is C18H27BO3. The molecule has 22 heavy (non-hydrogen) atoms. The molecule has 120 valence electrons. The van der Waals surface area contributed by atoms with Crippen molar-refractivity contribution in [2.24, 2.45) is 0 Å². The molecule has 1 aromatic rings. The van der Waals surface area contributed by atoms with Gasteiger partial charge in [0.2, 0.25) is 0 Å². The molecule has 0 unspecified atom stereocenters. The van der Waals surface area contributed by atoms with E-state index in [4.69, 9.17) is 14.0 Å². The van der Waals surface area contributed by atoms with E-state index in [0.29, 0.717) is 6.10 Å². The number of hydrogen-bond acceptors (Lipinski definition) is 3. The lowest BCUT2D eigenvalue weighted by molar-refractivity contribution is 0.00578. The second-order valence-electron chi connectivity index (χ2n) is 7.54. The second kappa shape index (κ2) is 5.90. The Balaban J connectivity index is 1.72. The van der Waals surface area contributed by atoms with Crippen molar-refractivity contribution in [2.75, 3.05) is 0 Å². The van der Waals surface area contributed by atoms with Crippen LogP contribution in [-0.4, -0.2) is 24.4 Å². The van der Waals surface area contributed by atoms with Crippen LogP contribution in [0.3, 0.4) is 0 Å². The van der Waals surface area contributed by atoms with Crippen LogP contribution in [0.4, 0.5) is 0 Å². The summed E-state index contributed by atoms with van der Waals surface area (Å²) in [6, 6.07) is 8.18. The monoisotopic (exact) mass is 302 g/mol. The van der Waals surface area contributed by atoms with Gasteiger partial charge in [-0.15, -0.1) is 0 Å². The smallest absolute Gasteiger partial charge is 0.490 e. The van der Waals surface area contributed by atoms with Crippen LogP contribution in [0.25, 0.3) is 0 Å². The molecule has 0 aromatic heterocycles. The zero-order valence-electron chi connectivity index (χ0n) is 14.2. The summed E-state index contributed by atoms with van der Waals surface area (Å²) in [5, 5.41) is 0. The van der Waals surface area contributed by atoms with Gasteiger partial charge in [-0.2, -0.15) is 0 Å². The first kappa shape index (κ1) is 15.9. The summed E-state index contributed by atoms with van der Waals surface area (Å²) in [6.07, 6.45) is 6.60. The van der Waals surface area contributed by atoms with Gasteiger partial charge < -0.3 is 14.0 Å². The fourth-order valence-corrected chi connectivity index (χ4v) is 3.09. The van der Waals surface area contributed by atoms with Gasteiger partial charge in [0.15, 0.2) is 0 Å². The SMILES string of the molecule is CC1(C)OB(c2cccc(OC3CCCCC3)c2)OC1(C)C. The van der Waals surface area contributed by atoms with Gasteiger partial charge >= 0.3 is 7.12 Å². The number of ether oxygens (including phenoxy) is 1. The lowest BCUT2D eigenvalue weighted by Crippen LogP contribution is -2.41. The summed E-state index contributed by atoms with van der Waals surface area (Å²) in [4.78, 5) is 0. The van der Waals surface area contributed by atoms with Crippen molar-refractivity contribution >= 4 is 12.6 Å². The minimum absolute atomic E-state index is 0.308. The highest BCUT2D eigenvalue weighted by Crippen LogP contribution is 2.36. The van der Waals surface area contributed by atoms with E-state index in [0.717, 1.165) is 11.2 Å². The standard InChI is InChI=1S/C18H27BO3/c1-17(2)18(3,4)22-19(21-17)14-9-8-12-16(13-14)20-15-10-6-5-7-11-15/h8-9,12-13,15H,5-7,10-11H2,1-4H3. The number of rotatable bonds is 3. The van der Waals surface area contributed by atoms with E-state index in [1.165, 1.54) is 32.1 Å². The molecule has 0 amide bonds. The molecule has 3 nitrogen and oxygen atoms in total. The molecule has 1 heterocycles. The van der Waals surface area contributed by atoms with Crippen LogP contribution < -0.4 is 10.2 Å². The molecule has 0 atom stereocenters. The molecule has 1 aliphatic carbocycles. The third-order valence-electron chi connectivity index (χ3n) is 5.24. The molecule has 1 saturated heterocycles. The molecule has 3 rings (SSSR count). The van der Waals surface area contributed by atoms with Gasteiger partial charge in [-0.3, -0.25) is 0 Å². The average molecular weight is 302 g/mol. The Morgan fingerprint density at radius 3 is 2.27 bits per heavy atom. The van der Waals surface area contributed by atoms with Crippen molar-refractivity contribution in [3.8, 4) is 5.75 Å². The molecule has 2 fully saturated rings. The zero-order chi connectivity index (χ0) is 15.8. The first-order valence-electron chi connectivity index (χ1n) is 8.50. The van der Waals surface area contributed by atoms with Gasteiger partial charge in [-0.1, -0.05) is 18.6 Å². The predicted molar refractivity (Wildman–Crippen MR) is 89.7 cm³/mol. The maximum Gasteiger partial charge on any atom is 0.494 e. The van der Waals surface area contributed by atoms with Crippen molar-refractivity contribution in [1.29, 1.82) is 0 Å². The van der Waals surface area contributed by atoms with Crippen molar-refractivity contribution in [2.45, 2.75) is 77.1 Å². The Hall–Kier alpha value is -0.995. The van der Waals surface area contributed by atoms with Crippen LogP contribution in [0.1, 0.15) is 59.8 Å². The summed E-state index contributed by atoms with van der Waals surface area (Å²) in [5.41, 5.74) is 0.419. The van der Waals surface area contributed by atoms with E-state index in [1.54, 1.807) is 0 Å².